The monoisotopic (exact) mass is 191 g/mol. The van der Waals surface area contributed by atoms with Gasteiger partial charge in [0.25, 0.3) is 0 Å². The van der Waals surface area contributed by atoms with E-state index in [4.69, 9.17) is 0 Å². The molecular weight excluding hydrogens is 174 g/mol. The Hall–Kier alpha value is -1.31. The van der Waals surface area contributed by atoms with Crippen LogP contribution >= 0.6 is 0 Å². The van der Waals surface area contributed by atoms with Crippen LogP contribution in [0.4, 0.5) is 0 Å². The first kappa shape index (κ1) is 10.8. The summed E-state index contributed by atoms with van der Waals surface area (Å²) in [5.41, 5.74) is 1.22. The van der Waals surface area contributed by atoms with Gasteiger partial charge in [-0.05, 0) is 18.4 Å². The predicted octanol–water partition coefficient (Wildman–Crippen LogP) is 2.32. The zero-order valence-electron chi connectivity index (χ0n) is 8.79. The molecular formula is C12H17NO. The number of rotatable bonds is 4. The molecule has 0 saturated heterocycles. The number of hydrogen-bond acceptors (Lipinski definition) is 1. The van der Waals surface area contributed by atoms with E-state index in [2.05, 4.69) is 24.4 Å². The smallest absolute Gasteiger partial charge is 0.220 e. The number of hydrogen-bond donors (Lipinski definition) is 1. The first-order valence-corrected chi connectivity index (χ1v) is 5.05. The van der Waals surface area contributed by atoms with Crippen LogP contribution in [0.3, 0.4) is 0 Å². The lowest BCUT2D eigenvalue weighted by Crippen LogP contribution is -2.23. The summed E-state index contributed by atoms with van der Waals surface area (Å²) in [7, 11) is 0. The third-order valence-electron chi connectivity index (χ3n) is 2.23. The molecule has 76 valence electrons. The van der Waals surface area contributed by atoms with Crippen molar-refractivity contribution in [1.82, 2.24) is 5.32 Å². The van der Waals surface area contributed by atoms with Gasteiger partial charge in [-0.25, -0.2) is 0 Å². The highest BCUT2D eigenvalue weighted by Gasteiger charge is 2.09. The highest BCUT2D eigenvalue weighted by molar-refractivity contribution is 5.76. The third kappa shape index (κ3) is 3.21. The molecule has 0 aromatic heterocycles. The van der Waals surface area contributed by atoms with Crippen LogP contribution < -0.4 is 5.32 Å². The lowest BCUT2D eigenvalue weighted by molar-refractivity contribution is -0.121. The van der Waals surface area contributed by atoms with Crippen molar-refractivity contribution < 1.29 is 4.79 Å². The van der Waals surface area contributed by atoms with Crippen molar-refractivity contribution in [3.05, 3.63) is 35.9 Å². The Morgan fingerprint density at radius 2 is 2.00 bits per heavy atom. The highest BCUT2D eigenvalue weighted by atomic mass is 16.1. The van der Waals surface area contributed by atoms with Crippen LogP contribution in [-0.4, -0.2) is 12.5 Å². The van der Waals surface area contributed by atoms with Gasteiger partial charge in [-0.1, -0.05) is 37.3 Å². The van der Waals surface area contributed by atoms with Crippen LogP contribution in [0.15, 0.2) is 30.3 Å². The zero-order valence-corrected chi connectivity index (χ0v) is 8.79. The van der Waals surface area contributed by atoms with Crippen molar-refractivity contribution in [2.45, 2.75) is 26.2 Å². The topological polar surface area (TPSA) is 29.1 Å². The summed E-state index contributed by atoms with van der Waals surface area (Å²) in [4.78, 5) is 11.3. The number of carbonyl (C=O) groups excluding carboxylic acids is 1. The molecule has 0 fully saturated rings. The molecule has 0 heterocycles. The van der Waals surface area contributed by atoms with Crippen molar-refractivity contribution in [3.63, 3.8) is 0 Å². The van der Waals surface area contributed by atoms with E-state index in [0.29, 0.717) is 18.9 Å². The first-order chi connectivity index (χ1) is 6.74. The van der Waals surface area contributed by atoms with Crippen molar-refractivity contribution in [2.75, 3.05) is 6.54 Å². The molecule has 0 saturated carbocycles. The summed E-state index contributed by atoms with van der Waals surface area (Å²) in [6, 6.07) is 10.1. The van der Waals surface area contributed by atoms with Gasteiger partial charge in [0.05, 0.1) is 0 Å². The zero-order chi connectivity index (χ0) is 10.4. The predicted molar refractivity (Wildman–Crippen MR) is 58.2 cm³/mol. The van der Waals surface area contributed by atoms with Gasteiger partial charge in [-0.15, -0.1) is 0 Å². The molecule has 1 aromatic carbocycles. The molecule has 0 aliphatic carbocycles. The van der Waals surface area contributed by atoms with Crippen molar-refractivity contribution >= 4 is 5.91 Å². The van der Waals surface area contributed by atoms with Crippen molar-refractivity contribution in [1.29, 1.82) is 0 Å². The van der Waals surface area contributed by atoms with Gasteiger partial charge in [-0.2, -0.15) is 0 Å². The second-order valence-corrected chi connectivity index (χ2v) is 3.47. The van der Waals surface area contributed by atoms with Gasteiger partial charge in [0.15, 0.2) is 0 Å². The minimum absolute atomic E-state index is 0.129. The minimum atomic E-state index is 0.129. The average Bonchev–Trinajstić information content (AvgIpc) is 2.19. The van der Waals surface area contributed by atoms with E-state index < -0.39 is 0 Å². The van der Waals surface area contributed by atoms with E-state index in [1.54, 1.807) is 0 Å². The summed E-state index contributed by atoms with van der Waals surface area (Å²) < 4.78 is 0. The average molecular weight is 191 g/mol. The summed E-state index contributed by atoms with van der Waals surface area (Å²) in [5.74, 6) is 0.423. The number of benzene rings is 1. The molecule has 0 aliphatic rings. The van der Waals surface area contributed by atoms with Gasteiger partial charge >= 0.3 is 0 Å². The Morgan fingerprint density at radius 3 is 2.57 bits per heavy atom. The first-order valence-electron chi connectivity index (χ1n) is 5.05. The SMILES string of the molecule is CCNC(=O)C[C@@H](C)c1ccccc1. The van der Waals surface area contributed by atoms with Crippen molar-refractivity contribution in [3.8, 4) is 0 Å². The molecule has 1 rings (SSSR count). The standard InChI is InChI=1S/C12H17NO/c1-3-13-12(14)9-10(2)11-7-5-4-6-8-11/h4-8,10H,3,9H2,1-2H3,(H,13,14)/t10-/m1/s1. The molecule has 0 bridgehead atoms. The largest absolute Gasteiger partial charge is 0.356 e. The fourth-order valence-corrected chi connectivity index (χ4v) is 1.45. The fraction of sp³-hybridized carbons (Fsp3) is 0.417. The lowest BCUT2D eigenvalue weighted by Gasteiger charge is -2.10. The second-order valence-electron chi connectivity index (χ2n) is 3.47. The summed E-state index contributed by atoms with van der Waals surface area (Å²) in [5, 5.41) is 2.81. The van der Waals surface area contributed by atoms with Gasteiger partial charge in [-0.3, -0.25) is 4.79 Å². The van der Waals surface area contributed by atoms with E-state index in [-0.39, 0.29) is 5.91 Å². The maximum absolute atomic E-state index is 11.3. The Kier molecular flexibility index (Phi) is 4.17. The van der Waals surface area contributed by atoms with Crippen molar-refractivity contribution in [2.24, 2.45) is 0 Å². The summed E-state index contributed by atoms with van der Waals surface area (Å²) in [6.07, 6.45) is 0.567. The van der Waals surface area contributed by atoms with Crippen LogP contribution in [0, 0.1) is 0 Å². The maximum atomic E-state index is 11.3. The molecule has 2 heteroatoms. The second kappa shape index (κ2) is 5.43. The molecule has 1 N–H and O–H groups in total. The van der Waals surface area contributed by atoms with Crippen LogP contribution in [-0.2, 0) is 4.79 Å². The number of nitrogens with one attached hydrogen (secondary N) is 1. The molecule has 1 amide bonds. The van der Waals surface area contributed by atoms with Gasteiger partial charge in [0, 0.05) is 13.0 Å². The van der Waals surface area contributed by atoms with Gasteiger partial charge < -0.3 is 5.32 Å². The van der Waals surface area contributed by atoms with Crippen LogP contribution in [0.1, 0.15) is 31.7 Å². The number of carbonyl (C=O) groups is 1. The van der Waals surface area contributed by atoms with Crippen LogP contribution in [0.2, 0.25) is 0 Å². The van der Waals surface area contributed by atoms with E-state index in [0.717, 1.165) is 0 Å². The Morgan fingerprint density at radius 1 is 1.36 bits per heavy atom. The maximum Gasteiger partial charge on any atom is 0.220 e. The van der Waals surface area contributed by atoms with E-state index in [9.17, 15) is 4.79 Å². The molecule has 1 aromatic rings. The van der Waals surface area contributed by atoms with Gasteiger partial charge in [0.2, 0.25) is 5.91 Å². The molecule has 0 radical (unpaired) electrons. The highest BCUT2D eigenvalue weighted by Crippen LogP contribution is 2.17. The minimum Gasteiger partial charge on any atom is -0.356 e. The third-order valence-corrected chi connectivity index (χ3v) is 2.23. The molecule has 2 nitrogen and oxygen atoms in total. The Bertz CT molecular complexity index is 282. The van der Waals surface area contributed by atoms with Gasteiger partial charge in [0.1, 0.15) is 0 Å². The number of amides is 1. The van der Waals surface area contributed by atoms with Crippen LogP contribution in [0.5, 0.6) is 0 Å². The molecule has 1 atom stereocenters. The summed E-state index contributed by atoms with van der Waals surface area (Å²) >= 11 is 0. The molecule has 0 spiro atoms. The van der Waals surface area contributed by atoms with E-state index >= 15 is 0 Å². The lowest BCUT2D eigenvalue weighted by atomic mass is 9.98. The molecule has 0 unspecified atom stereocenters. The van der Waals surface area contributed by atoms with E-state index in [1.165, 1.54) is 5.56 Å². The van der Waals surface area contributed by atoms with E-state index in [1.807, 2.05) is 25.1 Å². The quantitative estimate of drug-likeness (QED) is 0.777. The molecule has 14 heavy (non-hydrogen) atoms. The fourth-order valence-electron chi connectivity index (χ4n) is 1.45. The Labute approximate surface area is 85.3 Å². The summed E-state index contributed by atoms with van der Waals surface area (Å²) in [6.45, 7) is 4.72. The normalized spacial score (nSPS) is 12.1. The molecule has 0 aliphatic heterocycles. The van der Waals surface area contributed by atoms with Crippen LogP contribution in [0.25, 0.3) is 0 Å². The Balaban J connectivity index is 2.50.